The third-order valence-electron chi connectivity index (χ3n) is 4.67. The second-order valence-electron chi connectivity index (χ2n) is 6.50. The first kappa shape index (κ1) is 19.2. The fourth-order valence-electron chi connectivity index (χ4n) is 3.17. The molecule has 4 heteroatoms. The van der Waals surface area contributed by atoms with Crippen molar-refractivity contribution in [2.75, 3.05) is 26.2 Å². The highest BCUT2D eigenvalue weighted by molar-refractivity contribution is 5.83. The van der Waals surface area contributed by atoms with E-state index in [9.17, 15) is 4.39 Å². The van der Waals surface area contributed by atoms with Crippen molar-refractivity contribution >= 4 is 10.9 Å². The highest BCUT2D eigenvalue weighted by Gasteiger charge is 2.04. The van der Waals surface area contributed by atoms with Crippen LogP contribution in [0.25, 0.3) is 16.6 Å². The molecule has 0 unspecified atom stereocenters. The van der Waals surface area contributed by atoms with Crippen molar-refractivity contribution in [3.8, 4) is 17.5 Å². The summed E-state index contributed by atoms with van der Waals surface area (Å²) in [7, 11) is 0. The van der Waals surface area contributed by atoms with Crippen LogP contribution in [0.3, 0.4) is 0 Å². The van der Waals surface area contributed by atoms with Gasteiger partial charge in [0, 0.05) is 35.8 Å². The number of aromatic nitrogens is 1. The van der Waals surface area contributed by atoms with E-state index in [4.69, 9.17) is 5.11 Å². The number of rotatable bonds is 7. The Morgan fingerprint density at radius 1 is 1.07 bits per heavy atom. The maximum absolute atomic E-state index is 13.1. The Morgan fingerprint density at radius 2 is 1.89 bits per heavy atom. The Morgan fingerprint density at radius 3 is 2.63 bits per heavy atom. The summed E-state index contributed by atoms with van der Waals surface area (Å²) in [6.45, 7) is 4.96. The van der Waals surface area contributed by atoms with Gasteiger partial charge in [-0.3, -0.25) is 0 Å². The molecule has 0 aliphatic rings. The number of likely N-dealkylation sites (N-methyl/N-ethyl adjacent to an activating group) is 1. The Hall–Kier alpha value is -2.61. The van der Waals surface area contributed by atoms with Gasteiger partial charge in [-0.05, 0) is 68.0 Å². The van der Waals surface area contributed by atoms with Crippen molar-refractivity contribution in [1.82, 2.24) is 9.47 Å². The van der Waals surface area contributed by atoms with Crippen molar-refractivity contribution in [3.63, 3.8) is 0 Å². The number of halogens is 1. The summed E-state index contributed by atoms with van der Waals surface area (Å²) in [5.41, 5.74) is 3.02. The molecule has 3 aromatic rings. The van der Waals surface area contributed by atoms with Crippen molar-refractivity contribution in [2.24, 2.45) is 0 Å². The number of aliphatic hydroxyl groups excluding tert-OH is 1. The van der Waals surface area contributed by atoms with Gasteiger partial charge in [0.1, 0.15) is 5.82 Å². The lowest BCUT2D eigenvalue weighted by molar-refractivity contribution is 0.201. The minimum atomic E-state index is -0.230. The van der Waals surface area contributed by atoms with E-state index >= 15 is 0 Å². The lowest BCUT2D eigenvalue weighted by Gasteiger charge is -2.17. The van der Waals surface area contributed by atoms with Gasteiger partial charge in [-0.2, -0.15) is 0 Å². The molecule has 0 bridgehead atoms. The van der Waals surface area contributed by atoms with Gasteiger partial charge in [0.2, 0.25) is 0 Å². The van der Waals surface area contributed by atoms with Crippen LogP contribution in [0.15, 0.2) is 54.7 Å². The molecule has 27 heavy (non-hydrogen) atoms. The second kappa shape index (κ2) is 9.36. The number of unbranched alkanes of at least 4 members (excludes halogenated alkanes) is 1. The SMILES string of the molecule is CCN(CCO)CCCC#Cc1ccc2c(ccn2-c2ccc(F)cc2)c1. The van der Waals surface area contributed by atoms with Gasteiger partial charge in [-0.1, -0.05) is 18.8 Å². The molecule has 0 aliphatic heterocycles. The lowest BCUT2D eigenvalue weighted by Crippen LogP contribution is -2.27. The average molecular weight is 364 g/mol. The van der Waals surface area contributed by atoms with Crippen molar-refractivity contribution < 1.29 is 9.50 Å². The third-order valence-corrected chi connectivity index (χ3v) is 4.67. The van der Waals surface area contributed by atoms with Crippen LogP contribution in [0.5, 0.6) is 0 Å². The summed E-state index contributed by atoms with van der Waals surface area (Å²) in [5.74, 6) is 6.25. The number of benzene rings is 2. The Kier molecular flexibility index (Phi) is 6.64. The molecule has 0 aliphatic carbocycles. The van der Waals surface area contributed by atoms with Crippen LogP contribution in [0.4, 0.5) is 4.39 Å². The molecule has 0 fully saturated rings. The molecule has 0 saturated heterocycles. The van der Waals surface area contributed by atoms with Crippen LogP contribution in [-0.2, 0) is 0 Å². The zero-order chi connectivity index (χ0) is 19.1. The molecule has 0 spiro atoms. The fourth-order valence-corrected chi connectivity index (χ4v) is 3.17. The predicted molar refractivity (Wildman–Crippen MR) is 109 cm³/mol. The number of fused-ring (bicyclic) bond motifs is 1. The quantitative estimate of drug-likeness (QED) is 0.502. The Balaban J connectivity index is 1.65. The van der Waals surface area contributed by atoms with E-state index in [2.05, 4.69) is 41.9 Å². The minimum absolute atomic E-state index is 0.205. The molecule has 1 N–H and O–H groups in total. The van der Waals surface area contributed by atoms with Crippen molar-refractivity contribution in [3.05, 3.63) is 66.1 Å². The number of hydrogen-bond donors (Lipinski definition) is 1. The summed E-state index contributed by atoms with van der Waals surface area (Å²) in [6, 6.07) is 14.7. The number of aliphatic hydroxyl groups is 1. The Bertz CT molecular complexity index is 934. The first-order chi connectivity index (χ1) is 13.2. The zero-order valence-electron chi connectivity index (χ0n) is 15.7. The maximum Gasteiger partial charge on any atom is 0.123 e. The molecule has 1 heterocycles. The molecule has 0 atom stereocenters. The summed E-state index contributed by atoms with van der Waals surface area (Å²) >= 11 is 0. The highest BCUT2D eigenvalue weighted by Crippen LogP contribution is 2.21. The Labute approximate surface area is 160 Å². The van der Waals surface area contributed by atoms with E-state index in [0.29, 0.717) is 0 Å². The van der Waals surface area contributed by atoms with E-state index in [-0.39, 0.29) is 12.4 Å². The van der Waals surface area contributed by atoms with Gasteiger partial charge in [0.15, 0.2) is 0 Å². The predicted octanol–water partition coefficient (Wildman–Crippen LogP) is 4.22. The fraction of sp³-hybridized carbons (Fsp3) is 0.304. The molecule has 2 aromatic carbocycles. The van der Waals surface area contributed by atoms with Gasteiger partial charge in [-0.25, -0.2) is 4.39 Å². The zero-order valence-corrected chi connectivity index (χ0v) is 15.7. The van der Waals surface area contributed by atoms with E-state index in [0.717, 1.165) is 54.6 Å². The molecule has 140 valence electrons. The monoisotopic (exact) mass is 364 g/mol. The van der Waals surface area contributed by atoms with Crippen LogP contribution in [0, 0.1) is 17.7 Å². The minimum Gasteiger partial charge on any atom is -0.395 e. The van der Waals surface area contributed by atoms with Crippen molar-refractivity contribution in [2.45, 2.75) is 19.8 Å². The van der Waals surface area contributed by atoms with Gasteiger partial charge in [0.25, 0.3) is 0 Å². The molecular formula is C23H25FN2O. The smallest absolute Gasteiger partial charge is 0.123 e. The normalized spacial score (nSPS) is 11.0. The molecular weight excluding hydrogens is 339 g/mol. The summed E-state index contributed by atoms with van der Waals surface area (Å²) in [5, 5.41) is 10.1. The van der Waals surface area contributed by atoms with Gasteiger partial charge < -0.3 is 14.6 Å². The maximum atomic E-state index is 13.1. The van der Waals surface area contributed by atoms with Crippen LogP contribution in [-0.4, -0.2) is 40.8 Å². The summed E-state index contributed by atoms with van der Waals surface area (Å²) in [4.78, 5) is 2.23. The largest absolute Gasteiger partial charge is 0.395 e. The third kappa shape index (κ3) is 4.97. The first-order valence-electron chi connectivity index (χ1n) is 9.40. The second-order valence-corrected chi connectivity index (χ2v) is 6.50. The van der Waals surface area contributed by atoms with Gasteiger partial charge in [-0.15, -0.1) is 0 Å². The van der Waals surface area contributed by atoms with E-state index in [1.54, 1.807) is 12.1 Å². The standard InChI is InChI=1S/C23H25FN2O/c1-2-25(16-17-27)14-5-3-4-6-19-7-12-23-20(18-19)13-15-26(23)22-10-8-21(24)9-11-22/h7-13,15,18,27H,2-3,5,14,16-17H2,1H3. The molecule has 3 nitrogen and oxygen atoms in total. The lowest BCUT2D eigenvalue weighted by atomic mass is 10.1. The summed E-state index contributed by atoms with van der Waals surface area (Å²) in [6.07, 6.45) is 3.84. The van der Waals surface area contributed by atoms with E-state index in [1.165, 1.54) is 12.1 Å². The number of nitrogens with zero attached hydrogens (tertiary/aromatic N) is 2. The molecule has 0 radical (unpaired) electrons. The van der Waals surface area contributed by atoms with Crippen LogP contribution in [0.2, 0.25) is 0 Å². The molecule has 3 rings (SSSR count). The molecule has 0 amide bonds. The van der Waals surface area contributed by atoms with Gasteiger partial charge >= 0.3 is 0 Å². The summed E-state index contributed by atoms with van der Waals surface area (Å²) < 4.78 is 15.2. The van der Waals surface area contributed by atoms with Crippen LogP contribution >= 0.6 is 0 Å². The van der Waals surface area contributed by atoms with E-state index in [1.807, 2.05) is 16.8 Å². The number of hydrogen-bond acceptors (Lipinski definition) is 2. The molecule has 0 saturated carbocycles. The van der Waals surface area contributed by atoms with Crippen LogP contribution in [0.1, 0.15) is 25.3 Å². The highest BCUT2D eigenvalue weighted by atomic mass is 19.1. The van der Waals surface area contributed by atoms with Gasteiger partial charge in [0.05, 0.1) is 12.1 Å². The first-order valence-corrected chi connectivity index (χ1v) is 9.40. The molecule has 1 aromatic heterocycles. The topological polar surface area (TPSA) is 28.4 Å². The van der Waals surface area contributed by atoms with Crippen LogP contribution < -0.4 is 0 Å². The average Bonchev–Trinajstić information content (AvgIpc) is 3.10. The van der Waals surface area contributed by atoms with Crippen molar-refractivity contribution in [1.29, 1.82) is 0 Å². The van der Waals surface area contributed by atoms with E-state index < -0.39 is 0 Å².